The number of benzene rings is 2. The van der Waals surface area contributed by atoms with Crippen LogP contribution in [0.15, 0.2) is 0 Å². The molecular weight excluding hydrogens is 494 g/mol. The van der Waals surface area contributed by atoms with E-state index in [-0.39, 0.29) is 46.6 Å². The van der Waals surface area contributed by atoms with Gasteiger partial charge in [0, 0.05) is 18.7 Å². The van der Waals surface area contributed by atoms with E-state index in [1.807, 2.05) is 0 Å². The first-order chi connectivity index (χ1) is 11.4. The third-order valence-electron chi connectivity index (χ3n) is 3.37. The van der Waals surface area contributed by atoms with Crippen LogP contribution >= 0.6 is 0 Å². The van der Waals surface area contributed by atoms with Crippen molar-refractivity contribution >= 4 is 41.7 Å². The van der Waals surface area contributed by atoms with E-state index in [2.05, 4.69) is 0 Å². The van der Waals surface area contributed by atoms with Gasteiger partial charge in [-0.25, -0.2) is 43.9 Å². The standard InChI is InChI=1S/C13H3F10OSi.BrH.Mg/c1-25(24,12-8(20)4(16)2(14)5(17)9(12)21)13-10(22)6(18)3(15)7(19)11(13)23;;/h1H3;1H;/q-1;;+2/p-1. The molecule has 0 fully saturated rings. The summed E-state index contributed by atoms with van der Waals surface area (Å²) in [6.45, 7) is 0.129. The number of hydrogen-bond acceptors (Lipinski definition) is 1. The Morgan fingerprint density at radius 1 is 0.481 bits per heavy atom. The minimum Gasteiger partial charge on any atom is -1.00 e. The van der Waals surface area contributed by atoms with Crippen LogP contribution in [0.4, 0.5) is 43.9 Å². The molecule has 27 heavy (non-hydrogen) atoms. The van der Waals surface area contributed by atoms with E-state index in [1.165, 1.54) is 0 Å². The van der Waals surface area contributed by atoms with E-state index in [0.29, 0.717) is 0 Å². The molecule has 2 aromatic rings. The third kappa shape index (κ3) is 3.86. The van der Waals surface area contributed by atoms with Crippen LogP contribution in [0, 0.1) is 58.2 Å². The summed E-state index contributed by atoms with van der Waals surface area (Å²) >= 11 is 0. The van der Waals surface area contributed by atoms with Crippen molar-refractivity contribution in [3.8, 4) is 0 Å². The van der Waals surface area contributed by atoms with E-state index >= 15 is 0 Å². The molecule has 0 aliphatic heterocycles. The zero-order valence-electron chi connectivity index (χ0n) is 12.8. The Bertz CT molecular complexity index is 778. The third-order valence-corrected chi connectivity index (χ3v) is 6.16. The van der Waals surface area contributed by atoms with Gasteiger partial charge in [-0.05, 0) is 0 Å². The van der Waals surface area contributed by atoms with E-state index in [9.17, 15) is 48.7 Å². The predicted octanol–water partition coefficient (Wildman–Crippen LogP) is -1.25. The molecule has 0 atom stereocenters. The molecule has 0 aromatic heterocycles. The SMILES string of the molecule is C[Si]([O-])(c1c(F)c(F)c(F)c(F)c1F)c1c(F)c(F)c(F)c(F)c1F.[Br-].[Mg+2]. The fourth-order valence-electron chi connectivity index (χ4n) is 2.17. The maximum absolute atomic E-state index is 13.7. The maximum Gasteiger partial charge on any atom is 2.00 e. The van der Waals surface area contributed by atoms with Crippen molar-refractivity contribution in [3.63, 3.8) is 0 Å². The Morgan fingerprint density at radius 2 is 0.630 bits per heavy atom. The Balaban J connectivity index is 0.00000338. The van der Waals surface area contributed by atoms with E-state index in [1.54, 1.807) is 0 Å². The predicted molar refractivity (Wildman–Crippen MR) is 69.1 cm³/mol. The smallest absolute Gasteiger partial charge is 1.00 e. The van der Waals surface area contributed by atoms with Gasteiger partial charge in [-0.15, -0.1) is 0 Å². The zero-order valence-corrected chi connectivity index (χ0v) is 16.8. The van der Waals surface area contributed by atoms with Crippen LogP contribution in [0.1, 0.15) is 0 Å². The van der Waals surface area contributed by atoms with Gasteiger partial charge in [0.05, 0.1) is 0 Å². The summed E-state index contributed by atoms with van der Waals surface area (Å²) in [4.78, 5) is 12.5. The summed E-state index contributed by atoms with van der Waals surface area (Å²) in [5.74, 6) is -26.5. The maximum atomic E-state index is 13.7. The molecule has 0 aliphatic carbocycles. The second kappa shape index (κ2) is 8.67. The molecule has 1 nitrogen and oxygen atoms in total. The molecule has 14 heteroatoms. The van der Waals surface area contributed by atoms with Crippen molar-refractivity contribution in [1.29, 1.82) is 0 Å². The van der Waals surface area contributed by atoms with E-state index in [0.717, 1.165) is 0 Å². The molecule has 0 radical (unpaired) electrons. The van der Waals surface area contributed by atoms with Gasteiger partial charge in [0.15, 0.2) is 46.5 Å². The molecule has 0 spiro atoms. The van der Waals surface area contributed by atoms with Crippen molar-refractivity contribution < 1.29 is 65.7 Å². The van der Waals surface area contributed by atoms with E-state index < -0.39 is 76.9 Å². The van der Waals surface area contributed by atoms with Crippen molar-refractivity contribution in [1.82, 2.24) is 0 Å². The van der Waals surface area contributed by atoms with Crippen LogP contribution in [-0.2, 0) is 0 Å². The average Bonchev–Trinajstić information content (AvgIpc) is 2.54. The van der Waals surface area contributed by atoms with Crippen LogP contribution in [0.25, 0.3) is 0 Å². The van der Waals surface area contributed by atoms with Crippen molar-refractivity contribution in [2.24, 2.45) is 0 Å². The first kappa shape index (κ1) is 26.2. The molecule has 2 rings (SSSR count). The number of rotatable bonds is 2. The van der Waals surface area contributed by atoms with Gasteiger partial charge in [-0.2, -0.15) is 0 Å². The van der Waals surface area contributed by atoms with Crippen molar-refractivity contribution in [3.05, 3.63) is 58.2 Å². The van der Waals surface area contributed by atoms with Gasteiger partial charge in [0.2, 0.25) is 11.6 Å². The summed E-state index contributed by atoms with van der Waals surface area (Å²) in [6.07, 6.45) is 0. The number of halogens is 11. The fourth-order valence-corrected chi connectivity index (χ4v) is 4.54. The Hall–Kier alpha value is -0.837. The summed E-state index contributed by atoms with van der Waals surface area (Å²) < 4.78 is 134. The molecule has 0 N–H and O–H groups in total. The van der Waals surface area contributed by atoms with Gasteiger partial charge in [-0.3, -0.25) is 0 Å². The molecule has 0 saturated carbocycles. The fraction of sp³-hybridized carbons (Fsp3) is 0.0769. The van der Waals surface area contributed by atoms with Crippen molar-refractivity contribution in [2.75, 3.05) is 0 Å². The molecule has 144 valence electrons. The van der Waals surface area contributed by atoms with Crippen LogP contribution < -0.4 is 32.2 Å². The van der Waals surface area contributed by atoms with Crippen LogP contribution in [0.2, 0.25) is 6.55 Å². The molecule has 0 bridgehead atoms. The van der Waals surface area contributed by atoms with E-state index in [4.69, 9.17) is 0 Å². The van der Waals surface area contributed by atoms with Crippen LogP contribution in [-0.4, -0.2) is 31.4 Å². The molecule has 0 saturated heterocycles. The Kier molecular flexibility index (Phi) is 8.40. The quantitative estimate of drug-likeness (QED) is 0.220. The summed E-state index contributed by atoms with van der Waals surface area (Å²) in [6, 6.07) is 0. The summed E-state index contributed by atoms with van der Waals surface area (Å²) in [5, 5.41) is -4.32. The first-order valence-corrected chi connectivity index (χ1v) is 8.50. The molecule has 2 aromatic carbocycles. The molecule has 0 heterocycles. The average molecular weight is 497 g/mol. The van der Waals surface area contributed by atoms with Crippen molar-refractivity contribution in [2.45, 2.75) is 6.55 Å². The van der Waals surface area contributed by atoms with Gasteiger partial charge in [-0.1, -0.05) is 6.55 Å². The topological polar surface area (TPSA) is 23.1 Å². The second-order valence-corrected chi connectivity index (χ2v) is 7.99. The molecular formula is C13H3BrF10MgOSi. The Morgan fingerprint density at radius 3 is 0.815 bits per heavy atom. The molecule has 0 unspecified atom stereocenters. The zero-order chi connectivity index (χ0) is 19.4. The monoisotopic (exact) mass is 496 g/mol. The molecule has 0 amide bonds. The van der Waals surface area contributed by atoms with Gasteiger partial charge >= 0.3 is 23.1 Å². The second-order valence-electron chi connectivity index (χ2n) is 4.92. The largest absolute Gasteiger partial charge is 2.00 e. The van der Waals surface area contributed by atoms with Gasteiger partial charge < -0.3 is 21.8 Å². The Labute approximate surface area is 172 Å². The number of hydrogen-bond donors (Lipinski definition) is 0. The van der Waals surface area contributed by atoms with Gasteiger partial charge in [0.25, 0.3) is 0 Å². The van der Waals surface area contributed by atoms with Crippen LogP contribution in [0.5, 0.6) is 0 Å². The summed E-state index contributed by atoms with van der Waals surface area (Å²) in [5.41, 5.74) is 0. The first-order valence-electron chi connectivity index (χ1n) is 6.09. The van der Waals surface area contributed by atoms with Gasteiger partial charge in [0.1, 0.15) is 0 Å². The molecule has 0 aliphatic rings. The summed E-state index contributed by atoms with van der Waals surface area (Å²) in [7, 11) is -5.85. The van der Waals surface area contributed by atoms with Crippen LogP contribution in [0.3, 0.4) is 0 Å². The normalized spacial score (nSPS) is 11.1. The minimum atomic E-state index is -5.85. The minimum absolute atomic E-state index is 0.